The van der Waals surface area contributed by atoms with Crippen LogP contribution in [0.15, 0.2) is 23.5 Å². The van der Waals surface area contributed by atoms with Gasteiger partial charge in [-0.1, -0.05) is 13.0 Å². The summed E-state index contributed by atoms with van der Waals surface area (Å²) in [7, 11) is 0. The molecule has 0 atom stereocenters. The molecular formula is C11H16N2O. The largest absolute Gasteiger partial charge is 0.269 e. The number of nitrogens with zero attached hydrogens (tertiary/aromatic N) is 2. The Morgan fingerprint density at radius 2 is 2.29 bits per heavy atom. The minimum Gasteiger partial charge on any atom is -0.268 e. The van der Waals surface area contributed by atoms with Crippen LogP contribution in [0.1, 0.15) is 25.1 Å². The lowest BCUT2D eigenvalue weighted by atomic mass is 10.2. The Labute approximate surface area is 84.1 Å². The maximum atomic E-state index is 11.7. The van der Waals surface area contributed by atoms with Crippen molar-refractivity contribution in [2.75, 3.05) is 0 Å². The van der Waals surface area contributed by atoms with Crippen molar-refractivity contribution in [1.29, 1.82) is 0 Å². The summed E-state index contributed by atoms with van der Waals surface area (Å²) in [6.07, 6.45) is 3.27. The molecule has 0 aromatic carbocycles. The number of hydrogen-bond acceptors (Lipinski definition) is 2. The Balaban J connectivity index is 3.24. The fourth-order valence-corrected chi connectivity index (χ4v) is 1.37. The summed E-state index contributed by atoms with van der Waals surface area (Å²) in [5.74, 6) is 0. The molecule has 3 nitrogen and oxygen atoms in total. The van der Waals surface area contributed by atoms with Gasteiger partial charge in [0, 0.05) is 18.5 Å². The lowest BCUT2D eigenvalue weighted by molar-refractivity contribution is 0.594. The van der Waals surface area contributed by atoms with Gasteiger partial charge in [-0.2, -0.15) is 5.10 Å². The normalized spacial score (nSPS) is 10.1. The lowest BCUT2D eigenvalue weighted by Crippen LogP contribution is -2.26. The molecule has 1 rings (SSSR count). The molecular weight excluding hydrogens is 176 g/mol. The zero-order valence-corrected chi connectivity index (χ0v) is 8.79. The van der Waals surface area contributed by atoms with Crippen LogP contribution in [-0.2, 0) is 19.4 Å². The van der Waals surface area contributed by atoms with Gasteiger partial charge >= 0.3 is 0 Å². The number of aryl methyl sites for hydroxylation is 2. The van der Waals surface area contributed by atoms with Crippen molar-refractivity contribution in [3.05, 3.63) is 40.3 Å². The van der Waals surface area contributed by atoms with Crippen LogP contribution in [0, 0.1) is 0 Å². The van der Waals surface area contributed by atoms with Crippen LogP contribution in [0.5, 0.6) is 0 Å². The topological polar surface area (TPSA) is 34.9 Å². The van der Waals surface area contributed by atoms with Gasteiger partial charge in [0.05, 0.1) is 5.69 Å². The molecule has 0 aliphatic heterocycles. The Morgan fingerprint density at radius 1 is 1.57 bits per heavy atom. The van der Waals surface area contributed by atoms with Crippen LogP contribution >= 0.6 is 0 Å². The molecule has 0 amide bonds. The molecule has 76 valence electrons. The third-order valence-corrected chi connectivity index (χ3v) is 2.13. The maximum Gasteiger partial charge on any atom is 0.269 e. The highest BCUT2D eigenvalue weighted by molar-refractivity contribution is 5.15. The smallest absolute Gasteiger partial charge is 0.268 e. The average molecular weight is 192 g/mol. The van der Waals surface area contributed by atoms with E-state index in [-0.39, 0.29) is 5.56 Å². The summed E-state index contributed by atoms with van der Waals surface area (Å²) in [5.41, 5.74) is 1.78. The van der Waals surface area contributed by atoms with Gasteiger partial charge in [0.15, 0.2) is 0 Å². The Morgan fingerprint density at radius 3 is 2.79 bits per heavy atom. The molecule has 0 N–H and O–H groups in total. The van der Waals surface area contributed by atoms with Crippen molar-refractivity contribution in [3.63, 3.8) is 0 Å². The molecule has 0 fully saturated rings. The van der Waals surface area contributed by atoms with Crippen molar-refractivity contribution >= 4 is 0 Å². The number of rotatable bonds is 4. The molecule has 0 aliphatic carbocycles. The van der Waals surface area contributed by atoms with E-state index in [2.05, 4.69) is 11.7 Å². The zero-order chi connectivity index (χ0) is 10.6. The predicted molar refractivity (Wildman–Crippen MR) is 57.5 cm³/mol. The molecule has 1 aromatic rings. The third kappa shape index (κ3) is 2.10. The Hall–Kier alpha value is -1.38. The Bertz CT molecular complexity index is 351. The van der Waals surface area contributed by atoms with Gasteiger partial charge in [-0.15, -0.1) is 6.58 Å². The van der Waals surface area contributed by atoms with Crippen LogP contribution in [0.4, 0.5) is 0 Å². The first-order valence-corrected chi connectivity index (χ1v) is 4.93. The summed E-state index contributed by atoms with van der Waals surface area (Å²) < 4.78 is 1.51. The maximum absolute atomic E-state index is 11.7. The standard InChI is InChI=1S/C11H16N2O/c1-4-7-10-8-9(5-2)11(14)13(6-3)12-10/h4,8H,1,5-7H2,2-3H3. The molecule has 0 radical (unpaired) electrons. The van der Waals surface area contributed by atoms with Crippen LogP contribution in [0.3, 0.4) is 0 Å². The van der Waals surface area contributed by atoms with E-state index in [0.29, 0.717) is 13.0 Å². The van der Waals surface area contributed by atoms with Crippen molar-refractivity contribution in [1.82, 2.24) is 9.78 Å². The molecule has 1 aromatic heterocycles. The monoisotopic (exact) mass is 192 g/mol. The second-order valence-corrected chi connectivity index (χ2v) is 3.13. The first kappa shape index (κ1) is 10.7. The summed E-state index contributed by atoms with van der Waals surface area (Å²) in [4.78, 5) is 11.7. The quantitative estimate of drug-likeness (QED) is 0.678. The Kier molecular flexibility index (Phi) is 3.63. The third-order valence-electron chi connectivity index (χ3n) is 2.13. The van der Waals surface area contributed by atoms with E-state index in [9.17, 15) is 4.79 Å². The van der Waals surface area contributed by atoms with E-state index in [1.54, 1.807) is 6.08 Å². The minimum atomic E-state index is 0.0304. The van der Waals surface area contributed by atoms with Gasteiger partial charge in [-0.3, -0.25) is 4.79 Å². The highest BCUT2D eigenvalue weighted by Gasteiger charge is 2.04. The van der Waals surface area contributed by atoms with Gasteiger partial charge in [0.25, 0.3) is 5.56 Å². The molecule has 0 saturated carbocycles. The van der Waals surface area contributed by atoms with Crippen LogP contribution in [-0.4, -0.2) is 9.78 Å². The van der Waals surface area contributed by atoms with Crippen molar-refractivity contribution in [2.45, 2.75) is 33.2 Å². The molecule has 0 unspecified atom stereocenters. The summed E-state index contributed by atoms with van der Waals surface area (Å²) in [6, 6.07) is 1.87. The van der Waals surface area contributed by atoms with Gasteiger partial charge in [-0.05, 0) is 19.4 Å². The van der Waals surface area contributed by atoms with E-state index in [4.69, 9.17) is 0 Å². The van der Waals surface area contributed by atoms with Gasteiger partial charge in [0.1, 0.15) is 0 Å². The summed E-state index contributed by atoms with van der Waals surface area (Å²) in [5, 5.41) is 4.22. The summed E-state index contributed by atoms with van der Waals surface area (Å²) >= 11 is 0. The fraction of sp³-hybridized carbons (Fsp3) is 0.455. The van der Waals surface area contributed by atoms with E-state index < -0.39 is 0 Å². The molecule has 14 heavy (non-hydrogen) atoms. The molecule has 0 saturated heterocycles. The molecule has 1 heterocycles. The summed E-state index contributed by atoms with van der Waals surface area (Å²) in [6.45, 7) is 8.19. The average Bonchev–Trinajstić information content (AvgIpc) is 2.20. The van der Waals surface area contributed by atoms with Crippen LogP contribution in [0.2, 0.25) is 0 Å². The van der Waals surface area contributed by atoms with Crippen molar-refractivity contribution in [3.8, 4) is 0 Å². The molecule has 0 spiro atoms. The van der Waals surface area contributed by atoms with Gasteiger partial charge in [-0.25, -0.2) is 4.68 Å². The number of hydrogen-bond donors (Lipinski definition) is 0. The van der Waals surface area contributed by atoms with Crippen molar-refractivity contribution in [2.24, 2.45) is 0 Å². The van der Waals surface area contributed by atoms with Crippen molar-refractivity contribution < 1.29 is 0 Å². The lowest BCUT2D eigenvalue weighted by Gasteiger charge is -2.06. The molecule has 0 aliphatic rings. The minimum absolute atomic E-state index is 0.0304. The highest BCUT2D eigenvalue weighted by atomic mass is 16.1. The first-order valence-electron chi connectivity index (χ1n) is 4.93. The second kappa shape index (κ2) is 4.74. The SMILES string of the molecule is C=CCc1cc(CC)c(=O)n(CC)n1. The number of allylic oxidation sites excluding steroid dienone is 1. The zero-order valence-electron chi connectivity index (χ0n) is 8.79. The number of aromatic nitrogens is 2. The van der Waals surface area contributed by atoms with E-state index in [0.717, 1.165) is 17.7 Å². The molecule has 3 heteroatoms. The highest BCUT2D eigenvalue weighted by Crippen LogP contribution is 1.99. The van der Waals surface area contributed by atoms with E-state index in [1.165, 1.54) is 4.68 Å². The second-order valence-electron chi connectivity index (χ2n) is 3.13. The van der Waals surface area contributed by atoms with Gasteiger partial charge in [0.2, 0.25) is 0 Å². The predicted octanol–water partition coefficient (Wildman–Crippen LogP) is 1.55. The first-order chi connectivity index (χ1) is 6.72. The van der Waals surface area contributed by atoms with E-state index in [1.807, 2.05) is 19.9 Å². The molecule has 0 bridgehead atoms. The van der Waals surface area contributed by atoms with Crippen LogP contribution < -0.4 is 5.56 Å². The van der Waals surface area contributed by atoms with Gasteiger partial charge < -0.3 is 0 Å². The van der Waals surface area contributed by atoms with E-state index >= 15 is 0 Å². The van der Waals surface area contributed by atoms with Crippen LogP contribution in [0.25, 0.3) is 0 Å². The fourth-order valence-electron chi connectivity index (χ4n) is 1.37.